The Labute approximate surface area is 76.3 Å². The molecule has 3 heteroatoms. The molecule has 0 aliphatic heterocycles. The van der Waals surface area contributed by atoms with Crippen molar-refractivity contribution in [1.82, 2.24) is 0 Å². The van der Waals surface area contributed by atoms with Gasteiger partial charge in [0.1, 0.15) is 6.29 Å². The van der Waals surface area contributed by atoms with Crippen molar-refractivity contribution in [3.8, 4) is 0 Å². The lowest BCUT2D eigenvalue weighted by atomic mass is 10.2. The molecule has 0 atom stereocenters. The van der Waals surface area contributed by atoms with Crippen LogP contribution in [0.3, 0.4) is 0 Å². The largest absolute Gasteiger partial charge is 0.298 e. The zero-order chi connectivity index (χ0) is 9.40. The van der Waals surface area contributed by atoms with Crippen molar-refractivity contribution >= 4 is 18.4 Å². The second-order valence-corrected chi connectivity index (χ2v) is 2.39. The van der Waals surface area contributed by atoms with Gasteiger partial charge >= 0.3 is 0 Å². The van der Waals surface area contributed by atoms with Crippen molar-refractivity contribution in [2.24, 2.45) is 0 Å². The molecular formula is C9H11FOS. The van der Waals surface area contributed by atoms with Gasteiger partial charge in [-0.15, -0.1) is 0 Å². The van der Waals surface area contributed by atoms with Crippen LogP contribution in [-0.2, 0) is 0 Å². The minimum Gasteiger partial charge on any atom is -0.298 e. The predicted octanol–water partition coefficient (Wildman–Crippen LogP) is 3.50. The van der Waals surface area contributed by atoms with Crippen molar-refractivity contribution in [2.75, 3.05) is 0 Å². The Morgan fingerprint density at radius 1 is 1.25 bits per heavy atom. The van der Waals surface area contributed by atoms with E-state index in [0.29, 0.717) is 10.5 Å². The van der Waals surface area contributed by atoms with E-state index in [4.69, 9.17) is 0 Å². The number of carbonyl (C=O) groups is 1. The average molecular weight is 186 g/mol. The summed E-state index contributed by atoms with van der Waals surface area (Å²) in [5.41, 5.74) is 0.567. The molecule has 0 heterocycles. The highest BCUT2D eigenvalue weighted by Crippen LogP contribution is 2.17. The Morgan fingerprint density at radius 3 is 2.08 bits per heavy atom. The average Bonchev–Trinajstić information content (AvgIpc) is 2.21. The SMILES string of the molecule is CC.O=Cc1ccc(SF)cc1. The van der Waals surface area contributed by atoms with Crippen LogP contribution in [0.15, 0.2) is 29.2 Å². The van der Waals surface area contributed by atoms with Crippen LogP contribution < -0.4 is 0 Å². The molecule has 0 unspecified atom stereocenters. The fourth-order valence-electron chi connectivity index (χ4n) is 0.598. The molecule has 0 aliphatic rings. The van der Waals surface area contributed by atoms with Crippen LogP contribution in [0.25, 0.3) is 0 Å². The van der Waals surface area contributed by atoms with Crippen molar-refractivity contribution in [3.63, 3.8) is 0 Å². The Bertz CT molecular complexity index is 220. The molecule has 0 fully saturated rings. The lowest BCUT2D eigenvalue weighted by Gasteiger charge is -1.90. The molecule has 1 nitrogen and oxygen atoms in total. The molecule has 0 saturated carbocycles. The van der Waals surface area contributed by atoms with E-state index in [2.05, 4.69) is 0 Å². The van der Waals surface area contributed by atoms with Crippen molar-refractivity contribution in [3.05, 3.63) is 29.8 Å². The van der Waals surface area contributed by atoms with Crippen LogP contribution in [0, 0.1) is 0 Å². The molecule has 0 spiro atoms. The summed E-state index contributed by atoms with van der Waals surface area (Å²) >= 11 is 0.172. The molecule has 1 aromatic carbocycles. The molecule has 0 aromatic heterocycles. The number of halogens is 1. The second-order valence-electron chi connectivity index (χ2n) is 1.76. The zero-order valence-electron chi connectivity index (χ0n) is 7.08. The summed E-state index contributed by atoms with van der Waals surface area (Å²) in [7, 11) is 0. The first kappa shape index (κ1) is 11.2. The van der Waals surface area contributed by atoms with Gasteiger partial charge in [-0.3, -0.25) is 4.79 Å². The molecule has 0 bridgehead atoms. The van der Waals surface area contributed by atoms with Crippen LogP contribution in [-0.4, -0.2) is 6.29 Å². The highest BCUT2D eigenvalue weighted by molar-refractivity contribution is 7.94. The van der Waals surface area contributed by atoms with Gasteiger partial charge in [0.2, 0.25) is 0 Å². The Kier molecular flexibility index (Phi) is 6.38. The molecule has 12 heavy (non-hydrogen) atoms. The number of aldehydes is 1. The van der Waals surface area contributed by atoms with Gasteiger partial charge in [-0.2, -0.15) is 3.89 Å². The number of benzene rings is 1. The van der Waals surface area contributed by atoms with Gasteiger partial charge in [0, 0.05) is 10.5 Å². The van der Waals surface area contributed by atoms with E-state index in [0.717, 1.165) is 6.29 Å². The molecule has 1 rings (SSSR count). The van der Waals surface area contributed by atoms with E-state index in [-0.39, 0.29) is 12.1 Å². The first-order valence-electron chi connectivity index (χ1n) is 3.70. The standard InChI is InChI=1S/C7H5FOS.C2H6/c8-10-7-3-1-6(5-9)2-4-7;1-2/h1-5H;1-2H3. The molecular weight excluding hydrogens is 175 g/mol. The van der Waals surface area contributed by atoms with E-state index in [9.17, 15) is 8.68 Å². The summed E-state index contributed by atoms with van der Waals surface area (Å²) in [4.78, 5) is 10.6. The van der Waals surface area contributed by atoms with Crippen molar-refractivity contribution in [2.45, 2.75) is 18.7 Å². The Morgan fingerprint density at radius 2 is 1.75 bits per heavy atom. The highest BCUT2D eigenvalue weighted by Gasteiger charge is 1.91. The van der Waals surface area contributed by atoms with Gasteiger partial charge in [-0.05, 0) is 12.1 Å². The lowest BCUT2D eigenvalue weighted by molar-refractivity contribution is 0.112. The molecule has 0 amide bonds. The maximum atomic E-state index is 11.8. The molecule has 0 N–H and O–H groups in total. The monoisotopic (exact) mass is 186 g/mol. The lowest BCUT2D eigenvalue weighted by Crippen LogP contribution is -1.76. The zero-order valence-corrected chi connectivity index (χ0v) is 7.90. The van der Waals surface area contributed by atoms with Gasteiger partial charge in [0.05, 0.1) is 12.1 Å². The van der Waals surface area contributed by atoms with Gasteiger partial charge in [0.25, 0.3) is 0 Å². The van der Waals surface area contributed by atoms with Gasteiger partial charge in [-0.25, -0.2) is 0 Å². The topological polar surface area (TPSA) is 17.1 Å². The van der Waals surface area contributed by atoms with E-state index in [1.165, 1.54) is 0 Å². The summed E-state index contributed by atoms with van der Waals surface area (Å²) in [6.07, 6.45) is 0.729. The smallest absolute Gasteiger partial charge is 0.150 e. The molecule has 0 radical (unpaired) electrons. The van der Waals surface area contributed by atoms with Crippen LogP contribution in [0.2, 0.25) is 0 Å². The third-order valence-electron chi connectivity index (χ3n) is 1.11. The van der Waals surface area contributed by atoms with Crippen molar-refractivity contribution in [1.29, 1.82) is 0 Å². The second kappa shape index (κ2) is 6.85. The minimum atomic E-state index is 0.172. The van der Waals surface area contributed by atoms with Gasteiger partial charge in [-0.1, -0.05) is 26.0 Å². The third kappa shape index (κ3) is 3.53. The van der Waals surface area contributed by atoms with E-state index in [1.807, 2.05) is 13.8 Å². The minimum absolute atomic E-state index is 0.172. The normalized spacial score (nSPS) is 8.25. The van der Waals surface area contributed by atoms with Gasteiger partial charge in [0.15, 0.2) is 0 Å². The maximum absolute atomic E-state index is 11.8. The summed E-state index contributed by atoms with van der Waals surface area (Å²) in [5, 5.41) is 0. The van der Waals surface area contributed by atoms with E-state index >= 15 is 0 Å². The van der Waals surface area contributed by atoms with Gasteiger partial charge < -0.3 is 0 Å². The first-order valence-corrected chi connectivity index (χ1v) is 4.42. The third-order valence-corrected chi connectivity index (χ3v) is 1.56. The Balaban J connectivity index is 0.000000561. The van der Waals surface area contributed by atoms with Crippen LogP contribution in [0.5, 0.6) is 0 Å². The maximum Gasteiger partial charge on any atom is 0.150 e. The molecule has 66 valence electrons. The quantitative estimate of drug-likeness (QED) is 0.657. The van der Waals surface area contributed by atoms with E-state index in [1.54, 1.807) is 24.3 Å². The number of hydrogen-bond donors (Lipinski definition) is 0. The molecule has 0 aliphatic carbocycles. The molecule has 1 aromatic rings. The number of hydrogen-bond acceptors (Lipinski definition) is 2. The van der Waals surface area contributed by atoms with Crippen LogP contribution in [0.4, 0.5) is 3.89 Å². The fourth-order valence-corrected chi connectivity index (χ4v) is 0.837. The number of carbonyl (C=O) groups excluding carboxylic acids is 1. The highest BCUT2D eigenvalue weighted by atomic mass is 32.2. The summed E-state index contributed by atoms with van der Waals surface area (Å²) in [5.74, 6) is 0. The first-order chi connectivity index (χ1) is 5.86. The predicted molar refractivity (Wildman–Crippen MR) is 50.1 cm³/mol. The Hall–Kier alpha value is -0.830. The summed E-state index contributed by atoms with van der Waals surface area (Å²) < 4.78 is 11.8. The molecule has 0 saturated heterocycles. The fraction of sp³-hybridized carbons (Fsp3) is 0.222. The summed E-state index contributed by atoms with van der Waals surface area (Å²) in [6, 6.07) is 6.28. The van der Waals surface area contributed by atoms with Crippen LogP contribution >= 0.6 is 12.1 Å². The van der Waals surface area contributed by atoms with Crippen molar-refractivity contribution < 1.29 is 8.68 Å². The van der Waals surface area contributed by atoms with Crippen LogP contribution in [0.1, 0.15) is 24.2 Å². The number of rotatable bonds is 2. The van der Waals surface area contributed by atoms with E-state index < -0.39 is 0 Å². The summed E-state index contributed by atoms with van der Waals surface area (Å²) in [6.45, 7) is 4.00.